The van der Waals surface area contributed by atoms with E-state index in [1.807, 2.05) is 0 Å². The van der Waals surface area contributed by atoms with E-state index in [1.54, 1.807) is 0 Å². The summed E-state index contributed by atoms with van der Waals surface area (Å²) in [6.07, 6.45) is 2.57. The molecule has 3 fully saturated rings. The van der Waals surface area contributed by atoms with Gasteiger partial charge in [0, 0.05) is 5.54 Å². The topological polar surface area (TPSA) is 58.3 Å². The Morgan fingerprint density at radius 2 is 1.88 bits per heavy atom. The van der Waals surface area contributed by atoms with Crippen LogP contribution in [0.3, 0.4) is 0 Å². The maximum Gasteiger partial charge on any atom is 0.0702 e. The summed E-state index contributed by atoms with van der Waals surface area (Å²) >= 11 is 0. The van der Waals surface area contributed by atoms with Gasteiger partial charge in [-0.05, 0) is 19.3 Å². The molecule has 3 aliphatic rings. The summed E-state index contributed by atoms with van der Waals surface area (Å²) in [5.74, 6) is 5.20. The van der Waals surface area contributed by atoms with Crippen LogP contribution in [0.2, 0.25) is 0 Å². The molecular formula is C5H10N2O. The smallest absolute Gasteiger partial charge is 0.0702 e. The Labute approximate surface area is 47.8 Å². The highest BCUT2D eigenvalue weighted by molar-refractivity contribution is 5.23. The lowest BCUT2D eigenvalue weighted by Crippen LogP contribution is -2.79. The molecule has 0 atom stereocenters. The first-order chi connectivity index (χ1) is 3.68. The molecular weight excluding hydrogens is 104 g/mol. The summed E-state index contributed by atoms with van der Waals surface area (Å²) in [6.45, 7) is 0. The zero-order valence-electron chi connectivity index (χ0n) is 4.65. The highest BCUT2D eigenvalue weighted by Gasteiger charge is 2.67. The van der Waals surface area contributed by atoms with Crippen LogP contribution in [0.25, 0.3) is 0 Å². The first kappa shape index (κ1) is 4.73. The third kappa shape index (κ3) is 0.321. The Morgan fingerprint density at radius 1 is 1.38 bits per heavy atom. The number of aliphatic hydroxyl groups is 1. The molecule has 4 N–H and O–H groups in total. The van der Waals surface area contributed by atoms with Crippen molar-refractivity contribution < 1.29 is 5.11 Å². The number of hydrogen-bond donors (Lipinski definition) is 3. The minimum absolute atomic E-state index is 0.148. The number of hydrogen-bond acceptors (Lipinski definition) is 3. The van der Waals surface area contributed by atoms with Gasteiger partial charge in [-0.15, -0.1) is 0 Å². The van der Waals surface area contributed by atoms with Crippen molar-refractivity contribution in [1.29, 1.82) is 0 Å². The summed E-state index contributed by atoms with van der Waals surface area (Å²) in [4.78, 5) is 0. The number of hydrazine groups is 1. The second kappa shape index (κ2) is 0.943. The zero-order valence-corrected chi connectivity index (χ0v) is 4.65. The molecule has 0 aliphatic heterocycles. The molecule has 8 heavy (non-hydrogen) atoms. The maximum absolute atomic E-state index is 9.18. The van der Waals surface area contributed by atoms with Gasteiger partial charge in [0.25, 0.3) is 0 Å². The van der Waals surface area contributed by atoms with E-state index in [1.165, 1.54) is 0 Å². The molecule has 0 spiro atoms. The molecule has 0 radical (unpaired) electrons. The largest absolute Gasteiger partial charge is 0.390 e. The minimum atomic E-state index is -0.313. The summed E-state index contributed by atoms with van der Waals surface area (Å²) in [5, 5.41) is 9.18. The zero-order chi connectivity index (χ0) is 5.83. The quantitative estimate of drug-likeness (QED) is 0.306. The van der Waals surface area contributed by atoms with Crippen LogP contribution in [0.1, 0.15) is 19.3 Å². The van der Waals surface area contributed by atoms with Crippen molar-refractivity contribution in [2.45, 2.75) is 30.4 Å². The molecule has 0 unspecified atom stereocenters. The molecule has 0 heterocycles. The van der Waals surface area contributed by atoms with Crippen LogP contribution >= 0.6 is 0 Å². The Morgan fingerprint density at radius 3 is 2.00 bits per heavy atom. The molecule has 46 valence electrons. The van der Waals surface area contributed by atoms with Gasteiger partial charge in [0.05, 0.1) is 5.60 Å². The summed E-state index contributed by atoms with van der Waals surface area (Å²) < 4.78 is 0. The second-order valence-corrected chi connectivity index (χ2v) is 3.18. The highest BCUT2D eigenvalue weighted by atomic mass is 16.3. The first-order valence-corrected chi connectivity index (χ1v) is 2.88. The lowest BCUT2D eigenvalue weighted by Gasteiger charge is -2.67. The van der Waals surface area contributed by atoms with Gasteiger partial charge in [-0.2, -0.15) is 0 Å². The van der Waals surface area contributed by atoms with Gasteiger partial charge in [-0.1, -0.05) is 0 Å². The first-order valence-electron chi connectivity index (χ1n) is 2.88. The van der Waals surface area contributed by atoms with Crippen molar-refractivity contribution in [3.8, 4) is 0 Å². The van der Waals surface area contributed by atoms with Crippen LogP contribution in [0.4, 0.5) is 0 Å². The molecule has 0 aromatic carbocycles. The Balaban J connectivity index is 2.04. The minimum Gasteiger partial charge on any atom is -0.390 e. The van der Waals surface area contributed by atoms with Crippen molar-refractivity contribution >= 4 is 0 Å². The Bertz CT molecular complexity index is 115. The van der Waals surface area contributed by atoms with Gasteiger partial charge in [-0.25, -0.2) is 0 Å². The van der Waals surface area contributed by atoms with Crippen LogP contribution in [0.15, 0.2) is 0 Å². The molecule has 3 aliphatic carbocycles. The van der Waals surface area contributed by atoms with Crippen LogP contribution in [-0.2, 0) is 0 Å². The SMILES string of the molecule is NNC12CC(O)(C1)C2. The van der Waals surface area contributed by atoms with Crippen LogP contribution in [0, 0.1) is 0 Å². The van der Waals surface area contributed by atoms with E-state index in [-0.39, 0.29) is 11.1 Å². The normalized spacial score (nSPS) is 59.2. The number of nitrogens with two attached hydrogens (primary N) is 1. The molecule has 0 aromatic rings. The van der Waals surface area contributed by atoms with Crippen molar-refractivity contribution in [2.24, 2.45) is 5.84 Å². The maximum atomic E-state index is 9.18. The summed E-state index contributed by atoms with van der Waals surface area (Å²) in [6, 6.07) is 0. The van der Waals surface area contributed by atoms with E-state index in [9.17, 15) is 5.11 Å². The predicted molar refractivity (Wildman–Crippen MR) is 28.9 cm³/mol. The molecule has 3 saturated carbocycles. The lowest BCUT2D eigenvalue weighted by molar-refractivity contribution is -0.221. The fourth-order valence-corrected chi connectivity index (χ4v) is 1.89. The highest BCUT2D eigenvalue weighted by Crippen LogP contribution is 2.59. The molecule has 3 nitrogen and oxygen atoms in total. The van der Waals surface area contributed by atoms with Gasteiger partial charge in [0.2, 0.25) is 0 Å². The van der Waals surface area contributed by atoms with Gasteiger partial charge in [0.1, 0.15) is 0 Å². The summed E-state index contributed by atoms with van der Waals surface area (Å²) in [7, 11) is 0. The number of rotatable bonds is 1. The van der Waals surface area contributed by atoms with E-state index in [0.29, 0.717) is 0 Å². The van der Waals surface area contributed by atoms with Crippen LogP contribution in [-0.4, -0.2) is 16.2 Å². The molecule has 3 rings (SSSR count). The van der Waals surface area contributed by atoms with E-state index < -0.39 is 0 Å². The molecule has 0 saturated heterocycles. The van der Waals surface area contributed by atoms with Crippen molar-refractivity contribution in [1.82, 2.24) is 5.43 Å². The van der Waals surface area contributed by atoms with Gasteiger partial charge < -0.3 is 5.11 Å². The molecule has 3 heteroatoms. The Hall–Kier alpha value is -0.120. The van der Waals surface area contributed by atoms with Crippen LogP contribution < -0.4 is 11.3 Å². The van der Waals surface area contributed by atoms with E-state index >= 15 is 0 Å². The third-order valence-electron chi connectivity index (χ3n) is 2.31. The van der Waals surface area contributed by atoms with Gasteiger partial charge in [0.15, 0.2) is 0 Å². The van der Waals surface area contributed by atoms with E-state index in [2.05, 4.69) is 5.43 Å². The Kier molecular flexibility index (Phi) is 0.558. The second-order valence-electron chi connectivity index (χ2n) is 3.18. The average molecular weight is 114 g/mol. The van der Waals surface area contributed by atoms with Gasteiger partial charge in [-0.3, -0.25) is 11.3 Å². The van der Waals surface area contributed by atoms with Crippen molar-refractivity contribution in [3.05, 3.63) is 0 Å². The molecule has 0 aromatic heterocycles. The average Bonchev–Trinajstić information content (AvgIpc) is 1.55. The van der Waals surface area contributed by atoms with E-state index in [0.717, 1.165) is 19.3 Å². The lowest BCUT2D eigenvalue weighted by atomic mass is 9.46. The van der Waals surface area contributed by atoms with Crippen LogP contribution in [0.5, 0.6) is 0 Å². The monoisotopic (exact) mass is 114 g/mol. The molecule has 0 amide bonds. The van der Waals surface area contributed by atoms with Crippen molar-refractivity contribution in [3.63, 3.8) is 0 Å². The predicted octanol–water partition coefficient (Wildman–Crippen LogP) is -0.883. The number of nitrogens with one attached hydrogen (secondary N) is 1. The van der Waals surface area contributed by atoms with Gasteiger partial charge >= 0.3 is 0 Å². The fraction of sp³-hybridized carbons (Fsp3) is 1.00. The third-order valence-corrected chi connectivity index (χ3v) is 2.31. The van der Waals surface area contributed by atoms with E-state index in [4.69, 9.17) is 5.84 Å². The molecule has 2 bridgehead atoms. The van der Waals surface area contributed by atoms with Crippen molar-refractivity contribution in [2.75, 3.05) is 0 Å². The standard InChI is InChI=1S/C5H10N2O/c6-7-4-1-5(8,2-4)3-4/h7-8H,1-3,6H2. The summed E-state index contributed by atoms with van der Waals surface area (Å²) in [5.41, 5.74) is 2.54. The fourth-order valence-electron chi connectivity index (χ4n) is 1.89.